The van der Waals surface area contributed by atoms with Gasteiger partial charge in [0.15, 0.2) is 11.5 Å². The average Bonchev–Trinajstić information content (AvgIpc) is 2.28. The number of benzene rings is 1. The van der Waals surface area contributed by atoms with Gasteiger partial charge in [-0.2, -0.15) is 5.10 Å². The summed E-state index contributed by atoms with van der Waals surface area (Å²) < 4.78 is 10.7. The van der Waals surface area contributed by atoms with E-state index in [1.54, 1.807) is 12.1 Å². The number of hydrazone groups is 1. The van der Waals surface area contributed by atoms with E-state index in [9.17, 15) is 0 Å². The Kier molecular flexibility index (Phi) is 2.55. The molecule has 0 amide bonds. The number of halogens is 1. The lowest BCUT2D eigenvalue weighted by Gasteiger charge is -2.20. The minimum atomic E-state index is 0.203. The lowest BCUT2D eigenvalue weighted by molar-refractivity contribution is 0.171. The Labute approximate surface area is 91.6 Å². The van der Waals surface area contributed by atoms with Crippen LogP contribution in [-0.2, 0) is 0 Å². The Bertz CT molecular complexity index is 420. The minimum absolute atomic E-state index is 0.203. The molecule has 1 aliphatic rings. The topological polar surface area (TPSA) is 82.9 Å². The molecule has 0 aromatic heterocycles. The molecule has 1 heterocycles. The molecule has 0 atom stereocenters. The number of nitrogens with zero attached hydrogens (tertiary/aromatic N) is 1. The SMILES string of the molecule is N/N=C(/N)c1cc(Cl)c2c(c1)OCCO2. The van der Waals surface area contributed by atoms with Crippen LogP contribution in [0.3, 0.4) is 0 Å². The molecular formula is C9H10ClN3O2. The van der Waals surface area contributed by atoms with E-state index in [0.717, 1.165) is 0 Å². The molecule has 0 aliphatic carbocycles. The number of nitrogens with two attached hydrogens (primary N) is 2. The molecule has 0 fully saturated rings. The summed E-state index contributed by atoms with van der Waals surface area (Å²) in [6.07, 6.45) is 0. The number of hydrogen-bond acceptors (Lipinski definition) is 4. The molecule has 0 unspecified atom stereocenters. The molecule has 0 spiro atoms. The van der Waals surface area contributed by atoms with Crippen molar-refractivity contribution in [3.8, 4) is 11.5 Å². The van der Waals surface area contributed by atoms with Gasteiger partial charge in [-0.05, 0) is 12.1 Å². The minimum Gasteiger partial charge on any atom is -0.486 e. The van der Waals surface area contributed by atoms with Crippen LogP contribution < -0.4 is 21.1 Å². The third-order valence-corrected chi connectivity index (χ3v) is 2.31. The first-order valence-corrected chi connectivity index (χ1v) is 4.73. The summed E-state index contributed by atoms with van der Waals surface area (Å²) >= 11 is 5.99. The summed E-state index contributed by atoms with van der Waals surface area (Å²) in [5.74, 6) is 6.38. The molecule has 0 radical (unpaired) electrons. The quantitative estimate of drug-likeness (QED) is 0.320. The van der Waals surface area contributed by atoms with Gasteiger partial charge in [0.2, 0.25) is 0 Å². The summed E-state index contributed by atoms with van der Waals surface area (Å²) in [6.45, 7) is 0.985. The van der Waals surface area contributed by atoms with Crippen molar-refractivity contribution in [3.63, 3.8) is 0 Å². The Morgan fingerprint density at radius 3 is 2.80 bits per heavy atom. The molecule has 0 saturated carbocycles. The fourth-order valence-corrected chi connectivity index (χ4v) is 1.60. The number of hydrogen-bond donors (Lipinski definition) is 2. The van der Waals surface area contributed by atoms with Crippen LogP contribution in [0.2, 0.25) is 5.02 Å². The molecule has 4 N–H and O–H groups in total. The summed E-state index contributed by atoms with van der Waals surface area (Å²) in [7, 11) is 0. The lowest BCUT2D eigenvalue weighted by Crippen LogP contribution is -2.19. The van der Waals surface area contributed by atoms with Gasteiger partial charge in [-0.25, -0.2) is 0 Å². The van der Waals surface area contributed by atoms with E-state index in [1.807, 2.05) is 0 Å². The summed E-state index contributed by atoms with van der Waals surface area (Å²) in [5.41, 5.74) is 6.18. The number of ether oxygens (including phenoxy) is 2. The Morgan fingerprint density at radius 2 is 2.07 bits per heavy atom. The van der Waals surface area contributed by atoms with Crippen LogP contribution in [0.25, 0.3) is 0 Å². The second-order valence-electron chi connectivity index (χ2n) is 3.00. The van der Waals surface area contributed by atoms with E-state index in [0.29, 0.717) is 35.3 Å². The van der Waals surface area contributed by atoms with Crippen molar-refractivity contribution in [2.24, 2.45) is 16.7 Å². The van der Waals surface area contributed by atoms with Crippen LogP contribution in [0.5, 0.6) is 11.5 Å². The van der Waals surface area contributed by atoms with Crippen molar-refractivity contribution in [1.29, 1.82) is 0 Å². The van der Waals surface area contributed by atoms with Gasteiger partial charge in [-0.1, -0.05) is 11.6 Å². The predicted octanol–water partition coefficient (Wildman–Crippen LogP) is 0.690. The van der Waals surface area contributed by atoms with Gasteiger partial charge < -0.3 is 21.1 Å². The highest BCUT2D eigenvalue weighted by atomic mass is 35.5. The van der Waals surface area contributed by atoms with Crippen molar-refractivity contribution < 1.29 is 9.47 Å². The average molecular weight is 228 g/mol. The van der Waals surface area contributed by atoms with Crippen molar-refractivity contribution in [2.45, 2.75) is 0 Å². The second kappa shape index (κ2) is 3.86. The molecule has 80 valence electrons. The zero-order chi connectivity index (χ0) is 10.8. The van der Waals surface area contributed by atoms with Crippen LogP contribution in [0.1, 0.15) is 5.56 Å². The summed E-state index contributed by atoms with van der Waals surface area (Å²) in [6, 6.07) is 3.34. The first-order valence-electron chi connectivity index (χ1n) is 4.35. The molecule has 1 aromatic carbocycles. The molecule has 15 heavy (non-hydrogen) atoms. The fourth-order valence-electron chi connectivity index (χ4n) is 1.33. The van der Waals surface area contributed by atoms with E-state index in [4.69, 9.17) is 32.7 Å². The van der Waals surface area contributed by atoms with E-state index in [1.165, 1.54) is 0 Å². The van der Waals surface area contributed by atoms with Crippen LogP contribution in [0.15, 0.2) is 17.2 Å². The molecule has 5 nitrogen and oxygen atoms in total. The molecule has 0 bridgehead atoms. The first kappa shape index (κ1) is 9.92. The molecule has 1 aliphatic heterocycles. The zero-order valence-corrected chi connectivity index (χ0v) is 8.62. The number of fused-ring (bicyclic) bond motifs is 1. The van der Waals surface area contributed by atoms with Crippen LogP contribution >= 0.6 is 11.6 Å². The third kappa shape index (κ3) is 1.78. The van der Waals surface area contributed by atoms with E-state index < -0.39 is 0 Å². The smallest absolute Gasteiger partial charge is 0.179 e. The van der Waals surface area contributed by atoms with E-state index in [2.05, 4.69) is 5.10 Å². The number of amidine groups is 1. The van der Waals surface area contributed by atoms with Gasteiger partial charge in [-0.3, -0.25) is 0 Å². The van der Waals surface area contributed by atoms with Gasteiger partial charge in [0, 0.05) is 5.56 Å². The van der Waals surface area contributed by atoms with Gasteiger partial charge in [-0.15, -0.1) is 0 Å². The van der Waals surface area contributed by atoms with Crippen molar-refractivity contribution in [2.75, 3.05) is 13.2 Å². The van der Waals surface area contributed by atoms with Crippen molar-refractivity contribution >= 4 is 17.4 Å². The highest BCUT2D eigenvalue weighted by Gasteiger charge is 2.17. The molecular weight excluding hydrogens is 218 g/mol. The monoisotopic (exact) mass is 227 g/mol. The molecule has 2 rings (SSSR count). The molecule has 6 heteroatoms. The van der Waals surface area contributed by atoms with Gasteiger partial charge >= 0.3 is 0 Å². The largest absolute Gasteiger partial charge is 0.486 e. The lowest BCUT2D eigenvalue weighted by atomic mass is 10.2. The highest BCUT2D eigenvalue weighted by molar-refractivity contribution is 6.32. The van der Waals surface area contributed by atoms with E-state index in [-0.39, 0.29) is 5.84 Å². The van der Waals surface area contributed by atoms with Crippen LogP contribution in [0, 0.1) is 0 Å². The first-order chi connectivity index (χ1) is 7.22. The zero-order valence-electron chi connectivity index (χ0n) is 7.87. The second-order valence-corrected chi connectivity index (χ2v) is 3.40. The number of rotatable bonds is 1. The van der Waals surface area contributed by atoms with E-state index >= 15 is 0 Å². The Balaban J connectivity index is 2.49. The standard InChI is InChI=1S/C9H10ClN3O2/c10-6-3-5(9(11)13-12)4-7-8(6)15-2-1-14-7/h3-4H,1-2,12H2,(H2,11,13). The third-order valence-electron chi connectivity index (χ3n) is 2.03. The molecule has 1 aromatic rings. The normalized spacial score (nSPS) is 15.1. The Hall–Kier alpha value is -1.62. The van der Waals surface area contributed by atoms with Gasteiger partial charge in [0.05, 0.1) is 5.02 Å². The Morgan fingerprint density at radius 1 is 1.33 bits per heavy atom. The van der Waals surface area contributed by atoms with Crippen molar-refractivity contribution in [3.05, 3.63) is 22.7 Å². The molecule has 0 saturated heterocycles. The van der Waals surface area contributed by atoms with Gasteiger partial charge in [0.25, 0.3) is 0 Å². The van der Waals surface area contributed by atoms with Crippen molar-refractivity contribution in [1.82, 2.24) is 0 Å². The predicted molar refractivity (Wildman–Crippen MR) is 57.4 cm³/mol. The maximum atomic E-state index is 5.99. The highest BCUT2D eigenvalue weighted by Crippen LogP contribution is 2.38. The maximum Gasteiger partial charge on any atom is 0.179 e. The summed E-state index contributed by atoms with van der Waals surface area (Å²) in [4.78, 5) is 0. The van der Waals surface area contributed by atoms with Crippen LogP contribution in [-0.4, -0.2) is 19.0 Å². The van der Waals surface area contributed by atoms with Crippen LogP contribution in [0.4, 0.5) is 0 Å². The summed E-state index contributed by atoms with van der Waals surface area (Å²) in [5, 5.41) is 3.83. The van der Waals surface area contributed by atoms with Gasteiger partial charge in [0.1, 0.15) is 19.0 Å². The maximum absolute atomic E-state index is 5.99. The fraction of sp³-hybridized carbons (Fsp3) is 0.222.